The number of para-hydroxylation sites is 1. The Morgan fingerprint density at radius 3 is 3.11 bits per heavy atom. The highest BCUT2D eigenvalue weighted by atomic mass is 16.5. The fraction of sp³-hybridized carbons (Fsp3) is 0.400. The van der Waals surface area contributed by atoms with Crippen LogP contribution in [0.15, 0.2) is 30.4 Å². The van der Waals surface area contributed by atoms with Gasteiger partial charge in [-0.1, -0.05) is 24.3 Å². The highest BCUT2D eigenvalue weighted by molar-refractivity contribution is 5.82. The second-order valence-corrected chi connectivity index (χ2v) is 4.97. The zero-order chi connectivity index (χ0) is 13.4. The van der Waals surface area contributed by atoms with Gasteiger partial charge in [-0.3, -0.25) is 0 Å². The zero-order valence-electron chi connectivity index (χ0n) is 10.8. The molecule has 4 nitrogen and oxygen atoms in total. The number of carboxylic acid groups (broad SMARTS) is 1. The standard InChI is InChI=1S/C15H17NO3/c1-2-19-12-8-4-7-10-9-5-3-6-11(9)14(15(17)18)16-13(10)12/h3-5,7-9,11,14,16H,2,6H2,1H3,(H,17,18)/t9-,11+,14+/m1/s1. The second-order valence-electron chi connectivity index (χ2n) is 4.97. The van der Waals surface area contributed by atoms with Gasteiger partial charge in [-0.25, -0.2) is 4.79 Å². The summed E-state index contributed by atoms with van der Waals surface area (Å²) in [6.45, 7) is 2.50. The van der Waals surface area contributed by atoms with Crippen molar-refractivity contribution in [3.05, 3.63) is 35.9 Å². The van der Waals surface area contributed by atoms with Crippen molar-refractivity contribution in [3.8, 4) is 5.75 Å². The van der Waals surface area contributed by atoms with Crippen LogP contribution in [0.25, 0.3) is 0 Å². The first kappa shape index (κ1) is 12.1. The molecule has 1 heterocycles. The van der Waals surface area contributed by atoms with Crippen molar-refractivity contribution in [1.82, 2.24) is 0 Å². The predicted octanol–water partition coefficient (Wildman–Crippen LogP) is 2.62. The molecule has 0 aromatic heterocycles. The summed E-state index contributed by atoms with van der Waals surface area (Å²) in [5, 5.41) is 12.6. The number of carboxylic acids is 1. The van der Waals surface area contributed by atoms with Crippen LogP contribution in [0.5, 0.6) is 5.75 Å². The van der Waals surface area contributed by atoms with Gasteiger partial charge in [0.1, 0.15) is 11.8 Å². The maximum absolute atomic E-state index is 11.4. The van der Waals surface area contributed by atoms with E-state index in [1.165, 1.54) is 0 Å². The lowest BCUT2D eigenvalue weighted by Gasteiger charge is -2.35. The van der Waals surface area contributed by atoms with Gasteiger partial charge in [0.2, 0.25) is 0 Å². The molecule has 0 bridgehead atoms. The monoisotopic (exact) mass is 259 g/mol. The summed E-state index contributed by atoms with van der Waals surface area (Å²) < 4.78 is 5.60. The van der Waals surface area contributed by atoms with Crippen molar-refractivity contribution >= 4 is 11.7 Å². The summed E-state index contributed by atoms with van der Waals surface area (Å²) in [4.78, 5) is 11.4. The number of allylic oxidation sites excluding steroid dienone is 2. The normalized spacial score (nSPS) is 27.3. The Hall–Kier alpha value is -1.97. The second kappa shape index (κ2) is 4.61. The summed E-state index contributed by atoms with van der Waals surface area (Å²) in [5.74, 6) is 0.222. The first-order valence-electron chi connectivity index (χ1n) is 6.64. The van der Waals surface area contributed by atoms with E-state index in [4.69, 9.17) is 4.74 Å². The van der Waals surface area contributed by atoms with Crippen LogP contribution in [0.2, 0.25) is 0 Å². The van der Waals surface area contributed by atoms with Crippen LogP contribution in [0.4, 0.5) is 5.69 Å². The lowest BCUT2D eigenvalue weighted by atomic mass is 9.79. The number of nitrogens with one attached hydrogen (secondary N) is 1. The molecular formula is C15H17NO3. The van der Waals surface area contributed by atoms with Gasteiger partial charge in [-0.15, -0.1) is 0 Å². The average Bonchev–Trinajstić information content (AvgIpc) is 2.87. The highest BCUT2D eigenvalue weighted by Crippen LogP contribution is 2.47. The third kappa shape index (κ3) is 1.87. The summed E-state index contributed by atoms with van der Waals surface area (Å²) in [7, 11) is 0. The molecule has 1 aromatic carbocycles. The van der Waals surface area contributed by atoms with Crippen LogP contribution < -0.4 is 10.1 Å². The summed E-state index contributed by atoms with van der Waals surface area (Å²) in [6, 6.07) is 5.35. The highest BCUT2D eigenvalue weighted by Gasteiger charge is 2.41. The van der Waals surface area contributed by atoms with Gasteiger partial charge in [0.05, 0.1) is 12.3 Å². The maximum Gasteiger partial charge on any atom is 0.326 e. The maximum atomic E-state index is 11.4. The van der Waals surface area contributed by atoms with Gasteiger partial charge in [-0.05, 0) is 25.0 Å². The molecule has 0 unspecified atom stereocenters. The molecule has 19 heavy (non-hydrogen) atoms. The van der Waals surface area contributed by atoms with E-state index in [1.54, 1.807) is 0 Å². The SMILES string of the molecule is CCOc1cccc2c1N[C@H](C(=O)O)[C@H]1CC=C[C@H]21. The summed E-state index contributed by atoms with van der Waals surface area (Å²) in [6.07, 6.45) is 5.01. The molecule has 1 aliphatic heterocycles. The van der Waals surface area contributed by atoms with E-state index in [0.717, 1.165) is 23.4 Å². The van der Waals surface area contributed by atoms with Gasteiger partial charge in [0, 0.05) is 11.8 Å². The number of hydrogen-bond acceptors (Lipinski definition) is 3. The first-order valence-corrected chi connectivity index (χ1v) is 6.64. The first-order chi connectivity index (χ1) is 9.22. The number of carbonyl (C=O) groups is 1. The van der Waals surface area contributed by atoms with Gasteiger partial charge >= 0.3 is 5.97 Å². The van der Waals surface area contributed by atoms with Crippen LogP contribution in [-0.2, 0) is 4.79 Å². The van der Waals surface area contributed by atoms with Gasteiger partial charge in [-0.2, -0.15) is 0 Å². The Labute approximate surface area is 112 Å². The summed E-state index contributed by atoms with van der Waals surface area (Å²) in [5.41, 5.74) is 1.98. The van der Waals surface area contributed by atoms with Crippen LogP contribution in [0.1, 0.15) is 24.8 Å². The van der Waals surface area contributed by atoms with E-state index < -0.39 is 12.0 Å². The van der Waals surface area contributed by atoms with Crippen LogP contribution in [-0.4, -0.2) is 23.7 Å². The van der Waals surface area contributed by atoms with Crippen LogP contribution >= 0.6 is 0 Å². The Kier molecular flexibility index (Phi) is 2.93. The fourth-order valence-corrected chi connectivity index (χ4v) is 3.11. The molecule has 0 spiro atoms. The van der Waals surface area contributed by atoms with E-state index in [2.05, 4.69) is 23.5 Å². The van der Waals surface area contributed by atoms with Crippen LogP contribution in [0, 0.1) is 5.92 Å². The molecule has 3 atom stereocenters. The predicted molar refractivity (Wildman–Crippen MR) is 72.6 cm³/mol. The molecule has 3 rings (SSSR count). The van der Waals surface area contributed by atoms with E-state index in [-0.39, 0.29) is 11.8 Å². The number of rotatable bonds is 3. The lowest BCUT2D eigenvalue weighted by molar-refractivity contribution is -0.139. The lowest BCUT2D eigenvalue weighted by Crippen LogP contribution is -2.41. The van der Waals surface area contributed by atoms with Gasteiger partial charge in [0.25, 0.3) is 0 Å². The Bertz CT molecular complexity index is 538. The molecule has 0 fully saturated rings. The molecule has 0 amide bonds. The van der Waals surface area contributed by atoms with Crippen molar-refractivity contribution in [2.45, 2.75) is 25.3 Å². The number of anilines is 1. The minimum Gasteiger partial charge on any atom is -0.492 e. The Balaban J connectivity index is 2.07. The molecule has 0 saturated heterocycles. The molecule has 1 aromatic rings. The summed E-state index contributed by atoms with van der Waals surface area (Å²) >= 11 is 0. The Morgan fingerprint density at radius 2 is 2.37 bits per heavy atom. The average molecular weight is 259 g/mol. The van der Waals surface area contributed by atoms with E-state index in [1.807, 2.05) is 19.1 Å². The number of ether oxygens (including phenoxy) is 1. The minimum atomic E-state index is -0.796. The molecular weight excluding hydrogens is 242 g/mol. The molecule has 0 saturated carbocycles. The third-order valence-electron chi connectivity index (χ3n) is 3.92. The van der Waals surface area contributed by atoms with E-state index in [0.29, 0.717) is 6.61 Å². The van der Waals surface area contributed by atoms with Crippen molar-refractivity contribution in [2.75, 3.05) is 11.9 Å². The van der Waals surface area contributed by atoms with Crippen molar-refractivity contribution in [3.63, 3.8) is 0 Å². The zero-order valence-corrected chi connectivity index (χ0v) is 10.8. The van der Waals surface area contributed by atoms with Crippen molar-refractivity contribution in [2.24, 2.45) is 5.92 Å². The number of benzene rings is 1. The Morgan fingerprint density at radius 1 is 1.53 bits per heavy atom. The van der Waals surface area contributed by atoms with Gasteiger partial charge < -0.3 is 15.2 Å². The van der Waals surface area contributed by atoms with Crippen molar-refractivity contribution < 1.29 is 14.6 Å². The quantitative estimate of drug-likeness (QED) is 0.819. The molecule has 1 aliphatic carbocycles. The molecule has 4 heteroatoms. The largest absolute Gasteiger partial charge is 0.492 e. The molecule has 2 aliphatic rings. The number of fused-ring (bicyclic) bond motifs is 3. The van der Waals surface area contributed by atoms with Crippen molar-refractivity contribution in [1.29, 1.82) is 0 Å². The fourth-order valence-electron chi connectivity index (χ4n) is 3.11. The van der Waals surface area contributed by atoms with E-state index in [9.17, 15) is 9.90 Å². The topological polar surface area (TPSA) is 58.6 Å². The molecule has 0 radical (unpaired) electrons. The minimum absolute atomic E-state index is 0.0990. The third-order valence-corrected chi connectivity index (χ3v) is 3.92. The van der Waals surface area contributed by atoms with Gasteiger partial charge in [0.15, 0.2) is 0 Å². The van der Waals surface area contributed by atoms with E-state index >= 15 is 0 Å². The number of aliphatic carboxylic acids is 1. The molecule has 100 valence electrons. The smallest absolute Gasteiger partial charge is 0.326 e. The van der Waals surface area contributed by atoms with Crippen LogP contribution in [0.3, 0.4) is 0 Å². The molecule has 2 N–H and O–H groups in total. The number of hydrogen-bond donors (Lipinski definition) is 2.